The molecule has 8 heteroatoms. The van der Waals surface area contributed by atoms with Crippen molar-refractivity contribution in [3.05, 3.63) is 125 Å². The summed E-state index contributed by atoms with van der Waals surface area (Å²) in [6.45, 7) is 4.80. The SMILES string of the molecule is COc1cc(/C=C2\SC(=O)N(c3ccccc3)C23Oc2ccccc2C2CC(c4ccccc4)=NN23)ccc1OCC(C)C. The summed E-state index contributed by atoms with van der Waals surface area (Å²) in [5, 5.41) is 7.08. The van der Waals surface area contributed by atoms with E-state index in [0.29, 0.717) is 35.3 Å². The van der Waals surface area contributed by atoms with Crippen LogP contribution in [0.4, 0.5) is 10.5 Å². The molecule has 3 aliphatic heterocycles. The number of hydrogen-bond acceptors (Lipinski definition) is 7. The molecular formula is C36H33N3O4S. The first-order valence-corrected chi connectivity index (χ1v) is 15.6. The quantitative estimate of drug-likeness (QED) is 0.212. The molecule has 1 fully saturated rings. The maximum atomic E-state index is 14.1. The van der Waals surface area contributed by atoms with Crippen molar-refractivity contribution in [2.45, 2.75) is 32.2 Å². The van der Waals surface area contributed by atoms with E-state index in [-0.39, 0.29) is 11.3 Å². The fraction of sp³-hybridized carbons (Fsp3) is 0.222. The van der Waals surface area contributed by atoms with Gasteiger partial charge in [0.1, 0.15) is 5.75 Å². The highest BCUT2D eigenvalue weighted by Crippen LogP contribution is 2.57. The molecule has 0 radical (unpaired) electrons. The lowest BCUT2D eigenvalue weighted by molar-refractivity contribution is -0.0763. The summed E-state index contributed by atoms with van der Waals surface area (Å²) in [7, 11) is 1.64. The fourth-order valence-electron chi connectivity index (χ4n) is 5.92. The zero-order chi connectivity index (χ0) is 30.3. The molecule has 0 saturated carbocycles. The number of amides is 1. The van der Waals surface area contributed by atoms with Crippen LogP contribution in [-0.2, 0) is 0 Å². The molecule has 0 aromatic heterocycles. The predicted molar refractivity (Wildman–Crippen MR) is 175 cm³/mol. The number of ether oxygens (including phenoxy) is 3. The largest absolute Gasteiger partial charge is 0.493 e. The molecule has 7 nitrogen and oxygen atoms in total. The number of carbonyl (C=O) groups excluding carboxylic acids is 1. The molecule has 1 saturated heterocycles. The van der Waals surface area contributed by atoms with Gasteiger partial charge in [-0.3, -0.25) is 4.79 Å². The van der Waals surface area contributed by atoms with Crippen molar-refractivity contribution in [1.82, 2.24) is 5.01 Å². The van der Waals surface area contributed by atoms with Crippen LogP contribution in [0.2, 0.25) is 0 Å². The van der Waals surface area contributed by atoms with Gasteiger partial charge in [0.15, 0.2) is 11.5 Å². The van der Waals surface area contributed by atoms with Crippen molar-refractivity contribution >= 4 is 34.5 Å². The minimum absolute atomic E-state index is 0.141. The van der Waals surface area contributed by atoms with Crippen LogP contribution in [0.3, 0.4) is 0 Å². The standard InChI is InChI=1S/C36H33N3O4S/c1-24(2)23-42-32-19-18-25(20-33(32)41-3)21-34-36(38(35(40)44-34)27-14-8-5-9-15-27)39-30(28-16-10-11-17-31(28)43-36)22-29(37-39)26-12-6-4-7-13-26/h4-21,24,30H,22-23H2,1-3H3/b34-21-. The van der Waals surface area contributed by atoms with Crippen LogP contribution in [-0.4, -0.2) is 35.5 Å². The van der Waals surface area contributed by atoms with Gasteiger partial charge in [0.2, 0.25) is 0 Å². The van der Waals surface area contributed by atoms with E-state index in [2.05, 4.69) is 32.0 Å². The van der Waals surface area contributed by atoms with Gasteiger partial charge < -0.3 is 14.2 Å². The van der Waals surface area contributed by atoms with Crippen molar-refractivity contribution in [1.29, 1.82) is 0 Å². The molecule has 0 aliphatic carbocycles. The Labute approximate surface area is 261 Å². The van der Waals surface area contributed by atoms with E-state index in [0.717, 1.165) is 45.6 Å². The molecule has 7 rings (SSSR count). The highest BCUT2D eigenvalue weighted by molar-refractivity contribution is 8.17. The molecule has 1 amide bonds. The number of thioether (sulfide) groups is 1. The molecule has 1 spiro atoms. The van der Waals surface area contributed by atoms with Gasteiger partial charge in [-0.25, -0.2) is 9.91 Å². The maximum Gasteiger partial charge on any atom is 0.321 e. The van der Waals surface area contributed by atoms with Gasteiger partial charge in [-0.2, -0.15) is 5.10 Å². The van der Waals surface area contributed by atoms with E-state index >= 15 is 0 Å². The number of hydrazone groups is 1. The van der Waals surface area contributed by atoms with Gasteiger partial charge in [0.25, 0.3) is 5.24 Å². The molecule has 4 aromatic carbocycles. The van der Waals surface area contributed by atoms with Gasteiger partial charge in [-0.15, -0.1) is 0 Å². The highest BCUT2D eigenvalue weighted by atomic mass is 32.2. The summed E-state index contributed by atoms with van der Waals surface area (Å²) < 4.78 is 18.7. The lowest BCUT2D eigenvalue weighted by Crippen LogP contribution is -2.63. The van der Waals surface area contributed by atoms with Gasteiger partial charge >= 0.3 is 5.85 Å². The minimum Gasteiger partial charge on any atom is -0.493 e. The van der Waals surface area contributed by atoms with Crippen LogP contribution in [0.15, 0.2) is 113 Å². The van der Waals surface area contributed by atoms with E-state index in [1.165, 1.54) is 0 Å². The Kier molecular flexibility index (Phi) is 7.30. The van der Waals surface area contributed by atoms with Gasteiger partial charge in [0, 0.05) is 12.0 Å². The first kappa shape index (κ1) is 28.1. The Morgan fingerprint density at radius 3 is 2.45 bits per heavy atom. The van der Waals surface area contributed by atoms with E-state index < -0.39 is 5.85 Å². The molecule has 2 unspecified atom stereocenters. The molecular weight excluding hydrogens is 570 g/mol. The number of benzene rings is 4. The van der Waals surface area contributed by atoms with E-state index in [4.69, 9.17) is 19.3 Å². The van der Waals surface area contributed by atoms with E-state index in [9.17, 15) is 4.79 Å². The summed E-state index contributed by atoms with van der Waals surface area (Å²) >= 11 is 1.16. The Hall–Kier alpha value is -4.69. The second-order valence-electron chi connectivity index (χ2n) is 11.4. The van der Waals surface area contributed by atoms with Crippen molar-refractivity contribution in [3.63, 3.8) is 0 Å². The number of carbonyl (C=O) groups is 1. The lowest BCUT2D eigenvalue weighted by Gasteiger charge is -2.49. The topological polar surface area (TPSA) is 63.6 Å². The van der Waals surface area contributed by atoms with Crippen molar-refractivity contribution in [2.24, 2.45) is 11.0 Å². The van der Waals surface area contributed by atoms with Crippen LogP contribution in [0.25, 0.3) is 6.08 Å². The minimum atomic E-state index is -1.35. The molecule has 44 heavy (non-hydrogen) atoms. The van der Waals surface area contributed by atoms with Gasteiger partial charge in [-0.1, -0.05) is 86.6 Å². The third kappa shape index (κ3) is 4.79. The van der Waals surface area contributed by atoms with Crippen LogP contribution < -0.4 is 19.1 Å². The smallest absolute Gasteiger partial charge is 0.321 e. The Balaban J connectivity index is 1.41. The number of anilines is 1. The Morgan fingerprint density at radius 2 is 1.70 bits per heavy atom. The number of fused-ring (bicyclic) bond motifs is 4. The molecule has 3 aliphatic rings. The van der Waals surface area contributed by atoms with Crippen LogP contribution in [0.5, 0.6) is 17.2 Å². The molecule has 3 heterocycles. The first-order chi connectivity index (χ1) is 21.5. The second-order valence-corrected chi connectivity index (χ2v) is 12.4. The normalized spacial score (nSPS) is 21.4. The number of methoxy groups -OCH3 is 1. The average molecular weight is 604 g/mol. The summed E-state index contributed by atoms with van der Waals surface area (Å²) in [6, 6.07) is 33.6. The Bertz CT molecular complexity index is 1760. The molecule has 0 N–H and O–H groups in total. The maximum absolute atomic E-state index is 14.1. The van der Waals surface area contributed by atoms with E-state index in [1.54, 1.807) is 12.0 Å². The van der Waals surface area contributed by atoms with Crippen molar-refractivity contribution in [2.75, 3.05) is 18.6 Å². The number of para-hydroxylation sites is 2. The van der Waals surface area contributed by atoms with Crippen LogP contribution in [0.1, 0.15) is 43.0 Å². The first-order valence-electron chi connectivity index (χ1n) is 14.8. The highest BCUT2D eigenvalue weighted by Gasteiger charge is 2.63. The number of nitrogens with zero attached hydrogens (tertiary/aromatic N) is 3. The fourth-order valence-corrected chi connectivity index (χ4v) is 6.98. The molecule has 2 atom stereocenters. The van der Waals surface area contributed by atoms with Crippen molar-refractivity contribution in [3.8, 4) is 17.2 Å². The number of rotatable bonds is 7. The molecule has 0 bridgehead atoms. The second kappa shape index (κ2) is 11.4. The zero-order valence-electron chi connectivity index (χ0n) is 24.8. The molecule has 222 valence electrons. The lowest BCUT2D eigenvalue weighted by atomic mass is 9.95. The Morgan fingerprint density at radius 1 is 0.977 bits per heavy atom. The summed E-state index contributed by atoms with van der Waals surface area (Å²) in [5.74, 6) is 1.07. The number of hydrogen-bond donors (Lipinski definition) is 0. The average Bonchev–Trinajstić information content (AvgIpc) is 3.61. The predicted octanol–water partition coefficient (Wildman–Crippen LogP) is 8.34. The summed E-state index contributed by atoms with van der Waals surface area (Å²) in [6.07, 6.45) is 2.68. The summed E-state index contributed by atoms with van der Waals surface area (Å²) in [4.78, 5) is 16.5. The van der Waals surface area contributed by atoms with Gasteiger partial charge in [-0.05, 0) is 65.2 Å². The van der Waals surface area contributed by atoms with Crippen LogP contribution >= 0.6 is 11.8 Å². The third-order valence-electron chi connectivity index (χ3n) is 7.93. The van der Waals surface area contributed by atoms with E-state index in [1.807, 2.05) is 96.0 Å². The summed E-state index contributed by atoms with van der Waals surface area (Å²) in [5.41, 5.74) is 4.61. The third-order valence-corrected chi connectivity index (χ3v) is 8.89. The zero-order valence-corrected chi connectivity index (χ0v) is 25.7. The van der Waals surface area contributed by atoms with Crippen molar-refractivity contribution < 1.29 is 19.0 Å². The van der Waals surface area contributed by atoms with Crippen LogP contribution in [0, 0.1) is 5.92 Å². The molecule has 4 aromatic rings. The monoisotopic (exact) mass is 603 g/mol. The van der Waals surface area contributed by atoms with Gasteiger partial charge in [0.05, 0.1) is 36.1 Å².